The van der Waals surface area contributed by atoms with Crippen LogP contribution in [0.5, 0.6) is 0 Å². The normalized spacial score (nSPS) is 14.5. The molecule has 1 aliphatic heterocycles. The van der Waals surface area contributed by atoms with Gasteiger partial charge >= 0.3 is 11.1 Å². The zero-order valence-corrected chi connectivity index (χ0v) is 19.1. The van der Waals surface area contributed by atoms with Gasteiger partial charge in [0.25, 0.3) is 0 Å². The molecule has 0 atom stereocenters. The van der Waals surface area contributed by atoms with Crippen LogP contribution in [0.4, 0.5) is 0 Å². The first kappa shape index (κ1) is 23.2. The number of amides is 1. The minimum absolute atomic E-state index is 0.200. The van der Waals surface area contributed by atoms with Crippen LogP contribution in [0, 0.1) is 0 Å². The highest BCUT2D eigenvalue weighted by molar-refractivity contribution is 6.30. The molecule has 174 valence electrons. The van der Waals surface area contributed by atoms with Crippen LogP contribution in [0.2, 0.25) is 5.02 Å². The fraction of sp³-hybridized carbons (Fsp3) is 0.375. The van der Waals surface area contributed by atoms with E-state index in [1.54, 1.807) is 36.4 Å². The van der Waals surface area contributed by atoms with Crippen LogP contribution in [0.3, 0.4) is 0 Å². The fourth-order valence-electron chi connectivity index (χ4n) is 4.01. The van der Waals surface area contributed by atoms with Crippen LogP contribution in [0.25, 0.3) is 11.0 Å². The molecule has 3 aromatic rings. The second kappa shape index (κ2) is 10.8. The van der Waals surface area contributed by atoms with E-state index in [1.807, 2.05) is 12.1 Å². The Labute approximate surface area is 196 Å². The second-order valence-electron chi connectivity index (χ2n) is 8.06. The highest BCUT2D eigenvalue weighted by atomic mass is 35.5. The third kappa shape index (κ3) is 5.71. The maximum Gasteiger partial charge on any atom is 0.317 e. The van der Waals surface area contributed by atoms with E-state index in [1.165, 1.54) is 9.13 Å². The van der Waals surface area contributed by atoms with Gasteiger partial charge in [0, 0.05) is 24.7 Å². The lowest BCUT2D eigenvalue weighted by molar-refractivity contribution is -0.121. The number of nitrogens with zero attached hydrogens (tertiary/aromatic N) is 3. The summed E-state index contributed by atoms with van der Waals surface area (Å²) in [6.07, 6.45) is 0.810. The van der Waals surface area contributed by atoms with Crippen molar-refractivity contribution < 1.29 is 9.53 Å². The SMILES string of the molecule is O=C(Cn1c(=O)c(=O)n(Cc2ccc(Cl)cc2)c2ccccc21)NCCCN1CCOCC1. The van der Waals surface area contributed by atoms with Crippen LogP contribution >= 0.6 is 11.6 Å². The van der Waals surface area contributed by atoms with E-state index in [0.29, 0.717) is 22.6 Å². The lowest BCUT2D eigenvalue weighted by atomic mass is 10.2. The van der Waals surface area contributed by atoms with E-state index in [0.717, 1.165) is 44.8 Å². The van der Waals surface area contributed by atoms with Crippen molar-refractivity contribution in [3.05, 3.63) is 79.8 Å². The first-order chi connectivity index (χ1) is 16.0. The van der Waals surface area contributed by atoms with Crippen molar-refractivity contribution in [2.45, 2.75) is 19.5 Å². The molecule has 1 aliphatic rings. The molecule has 0 bridgehead atoms. The molecule has 0 radical (unpaired) electrons. The predicted octanol–water partition coefficient (Wildman–Crippen LogP) is 1.70. The summed E-state index contributed by atoms with van der Waals surface area (Å²) < 4.78 is 8.04. The van der Waals surface area contributed by atoms with E-state index in [2.05, 4.69) is 10.2 Å². The Morgan fingerprint density at radius 2 is 1.58 bits per heavy atom. The molecule has 1 amide bonds. The minimum atomic E-state index is -0.717. The summed E-state index contributed by atoms with van der Waals surface area (Å²) in [5.41, 5.74) is 0.605. The van der Waals surface area contributed by atoms with Crippen LogP contribution < -0.4 is 16.4 Å². The minimum Gasteiger partial charge on any atom is -0.379 e. The molecule has 2 aromatic carbocycles. The van der Waals surface area contributed by atoms with Crippen LogP contribution in [0.15, 0.2) is 58.1 Å². The van der Waals surface area contributed by atoms with E-state index < -0.39 is 11.1 Å². The predicted molar refractivity (Wildman–Crippen MR) is 128 cm³/mol. The lowest BCUT2D eigenvalue weighted by Gasteiger charge is -2.26. The average Bonchev–Trinajstić information content (AvgIpc) is 2.84. The van der Waals surface area contributed by atoms with Crippen LogP contribution in [0.1, 0.15) is 12.0 Å². The number of fused-ring (bicyclic) bond motifs is 1. The molecule has 1 aromatic heterocycles. The van der Waals surface area contributed by atoms with Gasteiger partial charge < -0.3 is 10.1 Å². The number of rotatable bonds is 8. The smallest absolute Gasteiger partial charge is 0.317 e. The second-order valence-corrected chi connectivity index (χ2v) is 8.49. The highest BCUT2D eigenvalue weighted by Crippen LogP contribution is 2.14. The van der Waals surface area contributed by atoms with Crippen molar-refractivity contribution in [3.8, 4) is 0 Å². The summed E-state index contributed by atoms with van der Waals surface area (Å²) in [4.78, 5) is 40.7. The third-order valence-corrected chi connectivity index (χ3v) is 6.02. The van der Waals surface area contributed by atoms with E-state index in [-0.39, 0.29) is 19.0 Å². The van der Waals surface area contributed by atoms with Gasteiger partial charge in [0.05, 0.1) is 30.8 Å². The van der Waals surface area contributed by atoms with Crippen molar-refractivity contribution in [2.75, 3.05) is 39.4 Å². The summed E-state index contributed by atoms with van der Waals surface area (Å²) in [6.45, 7) is 4.72. The molecule has 4 rings (SSSR count). The largest absolute Gasteiger partial charge is 0.379 e. The molecule has 0 unspecified atom stereocenters. The number of aromatic nitrogens is 2. The zero-order chi connectivity index (χ0) is 23.2. The van der Waals surface area contributed by atoms with Crippen molar-refractivity contribution in [3.63, 3.8) is 0 Å². The summed E-state index contributed by atoms with van der Waals surface area (Å²) in [5, 5.41) is 3.46. The molecule has 0 saturated carbocycles. The van der Waals surface area contributed by atoms with Crippen molar-refractivity contribution in [1.82, 2.24) is 19.4 Å². The Bertz CT molecular complexity index is 1230. The van der Waals surface area contributed by atoms with Gasteiger partial charge in [0.1, 0.15) is 6.54 Å². The number of benzene rings is 2. The van der Waals surface area contributed by atoms with Gasteiger partial charge in [-0.05, 0) is 42.8 Å². The summed E-state index contributed by atoms with van der Waals surface area (Å²) in [7, 11) is 0. The standard InChI is InChI=1S/C24H27ClN4O4/c25-19-8-6-18(7-9-19)16-28-20-4-1-2-5-21(20)29(24(32)23(28)31)17-22(30)26-10-3-11-27-12-14-33-15-13-27/h1-2,4-9H,3,10-17H2,(H,26,30). The van der Waals surface area contributed by atoms with Crippen molar-refractivity contribution >= 4 is 28.5 Å². The van der Waals surface area contributed by atoms with E-state index in [4.69, 9.17) is 16.3 Å². The lowest BCUT2D eigenvalue weighted by Crippen LogP contribution is -2.44. The number of ether oxygens (including phenoxy) is 1. The number of nitrogens with one attached hydrogen (secondary N) is 1. The molecule has 33 heavy (non-hydrogen) atoms. The number of carbonyl (C=O) groups is 1. The molecule has 1 fully saturated rings. The quantitative estimate of drug-likeness (QED) is 0.400. The Balaban J connectivity index is 1.49. The number of hydrogen-bond acceptors (Lipinski definition) is 5. The van der Waals surface area contributed by atoms with Crippen molar-refractivity contribution in [1.29, 1.82) is 0 Å². The summed E-state index contributed by atoms with van der Waals surface area (Å²) in [6, 6.07) is 14.3. The molecule has 1 saturated heterocycles. The van der Waals surface area contributed by atoms with E-state index >= 15 is 0 Å². The molecule has 8 nitrogen and oxygen atoms in total. The van der Waals surface area contributed by atoms with Gasteiger partial charge in [-0.1, -0.05) is 35.9 Å². The molecule has 0 spiro atoms. The number of para-hydroxylation sites is 2. The van der Waals surface area contributed by atoms with Gasteiger partial charge in [0.15, 0.2) is 0 Å². The Hall–Kier alpha value is -2.94. The van der Waals surface area contributed by atoms with E-state index in [9.17, 15) is 14.4 Å². The number of morpholine rings is 1. The average molecular weight is 471 g/mol. The number of halogens is 1. The number of carbonyl (C=O) groups excluding carboxylic acids is 1. The van der Waals surface area contributed by atoms with Gasteiger partial charge in [0.2, 0.25) is 5.91 Å². The maximum atomic E-state index is 12.9. The molecule has 0 aliphatic carbocycles. The zero-order valence-electron chi connectivity index (χ0n) is 18.3. The highest BCUT2D eigenvalue weighted by Gasteiger charge is 2.16. The monoisotopic (exact) mass is 470 g/mol. The summed E-state index contributed by atoms with van der Waals surface area (Å²) in [5.74, 6) is -0.293. The molecular formula is C24H27ClN4O4. The van der Waals surface area contributed by atoms with Gasteiger partial charge in [-0.25, -0.2) is 0 Å². The first-order valence-electron chi connectivity index (χ1n) is 11.1. The van der Waals surface area contributed by atoms with Crippen LogP contribution in [-0.2, 0) is 22.6 Å². The topological polar surface area (TPSA) is 85.6 Å². The van der Waals surface area contributed by atoms with Gasteiger partial charge in [-0.15, -0.1) is 0 Å². The summed E-state index contributed by atoms with van der Waals surface area (Å²) >= 11 is 5.95. The van der Waals surface area contributed by atoms with Crippen molar-refractivity contribution in [2.24, 2.45) is 0 Å². The third-order valence-electron chi connectivity index (χ3n) is 5.77. The Morgan fingerprint density at radius 1 is 0.939 bits per heavy atom. The van der Waals surface area contributed by atoms with Gasteiger partial charge in [-0.3, -0.25) is 28.4 Å². The Morgan fingerprint density at radius 3 is 2.27 bits per heavy atom. The fourth-order valence-corrected chi connectivity index (χ4v) is 4.14. The first-order valence-corrected chi connectivity index (χ1v) is 11.4. The molecule has 9 heteroatoms. The molecule has 1 N–H and O–H groups in total. The molecule has 2 heterocycles. The number of hydrogen-bond donors (Lipinski definition) is 1. The van der Waals surface area contributed by atoms with Crippen LogP contribution in [-0.4, -0.2) is 59.3 Å². The molecular weight excluding hydrogens is 444 g/mol. The maximum absolute atomic E-state index is 12.9. The Kier molecular flexibility index (Phi) is 7.59. The van der Waals surface area contributed by atoms with Gasteiger partial charge in [-0.2, -0.15) is 0 Å².